The lowest BCUT2D eigenvalue weighted by molar-refractivity contribution is 0.547. The van der Waals surface area contributed by atoms with Crippen LogP contribution in [0.15, 0.2) is 48.5 Å². The lowest BCUT2D eigenvalue weighted by atomic mass is 9.99. The maximum absolute atomic E-state index is 13.5. The molecule has 0 saturated heterocycles. The van der Waals surface area contributed by atoms with Crippen LogP contribution in [-0.4, -0.2) is 6.54 Å². The first-order chi connectivity index (χ1) is 9.20. The Morgan fingerprint density at radius 1 is 1.16 bits per heavy atom. The van der Waals surface area contributed by atoms with Gasteiger partial charge in [0.25, 0.3) is 0 Å². The molecule has 2 rings (SSSR count). The molecule has 100 valence electrons. The fraction of sp³-hybridized carbons (Fsp3) is 0.250. The van der Waals surface area contributed by atoms with Gasteiger partial charge in [0.15, 0.2) is 0 Å². The Bertz CT molecular complexity index is 528. The summed E-state index contributed by atoms with van der Waals surface area (Å²) in [7, 11) is 0. The fourth-order valence-electron chi connectivity index (χ4n) is 2.14. The highest BCUT2D eigenvalue weighted by Crippen LogP contribution is 2.21. The van der Waals surface area contributed by atoms with Gasteiger partial charge in [-0.2, -0.15) is 0 Å². The second kappa shape index (κ2) is 6.69. The van der Waals surface area contributed by atoms with Crippen molar-refractivity contribution in [3.05, 3.63) is 70.5 Å². The molecule has 2 aromatic carbocycles. The van der Waals surface area contributed by atoms with Crippen molar-refractivity contribution < 1.29 is 4.39 Å². The van der Waals surface area contributed by atoms with Crippen molar-refractivity contribution in [2.75, 3.05) is 6.54 Å². The first-order valence-corrected chi connectivity index (χ1v) is 6.80. The molecule has 0 saturated carbocycles. The Morgan fingerprint density at radius 2 is 1.89 bits per heavy atom. The summed E-state index contributed by atoms with van der Waals surface area (Å²) in [6, 6.07) is 15.4. The number of hydrogen-bond acceptors (Lipinski definition) is 1. The Balaban J connectivity index is 2.19. The van der Waals surface area contributed by atoms with Crippen molar-refractivity contribution >= 4 is 11.6 Å². The molecule has 1 N–H and O–H groups in total. The molecule has 0 heterocycles. The van der Waals surface area contributed by atoms with E-state index >= 15 is 0 Å². The summed E-state index contributed by atoms with van der Waals surface area (Å²) >= 11 is 5.70. The standard InChI is InChI=1S/C16H17ClFN/c1-2-19-16(13-6-4-3-5-7-13)11-12-8-9-14(17)15(18)10-12/h3-10,16,19H,2,11H2,1H3. The smallest absolute Gasteiger partial charge is 0.142 e. The molecule has 2 aromatic rings. The minimum atomic E-state index is -0.359. The molecule has 0 amide bonds. The van der Waals surface area contributed by atoms with E-state index in [0.29, 0.717) is 0 Å². The number of benzene rings is 2. The highest BCUT2D eigenvalue weighted by atomic mass is 35.5. The third-order valence-electron chi connectivity index (χ3n) is 3.08. The van der Waals surface area contributed by atoms with E-state index in [4.69, 9.17) is 11.6 Å². The molecular weight excluding hydrogens is 261 g/mol. The van der Waals surface area contributed by atoms with Crippen molar-refractivity contribution in [2.45, 2.75) is 19.4 Å². The number of likely N-dealkylation sites (N-methyl/N-ethyl adjacent to an activating group) is 1. The van der Waals surface area contributed by atoms with Crippen molar-refractivity contribution in [3.63, 3.8) is 0 Å². The quantitative estimate of drug-likeness (QED) is 0.856. The van der Waals surface area contributed by atoms with Crippen LogP contribution in [-0.2, 0) is 6.42 Å². The molecular formula is C16H17ClFN. The lowest BCUT2D eigenvalue weighted by Crippen LogP contribution is -2.22. The lowest BCUT2D eigenvalue weighted by Gasteiger charge is -2.18. The van der Waals surface area contributed by atoms with E-state index < -0.39 is 0 Å². The molecule has 0 aliphatic heterocycles. The minimum Gasteiger partial charge on any atom is -0.310 e. The van der Waals surface area contributed by atoms with E-state index in [1.54, 1.807) is 6.07 Å². The number of halogens is 2. The number of hydrogen-bond donors (Lipinski definition) is 1. The molecule has 1 nitrogen and oxygen atoms in total. The van der Waals surface area contributed by atoms with Crippen LogP contribution in [0.4, 0.5) is 4.39 Å². The van der Waals surface area contributed by atoms with E-state index in [1.165, 1.54) is 11.6 Å². The first-order valence-electron chi connectivity index (χ1n) is 6.43. The second-order valence-corrected chi connectivity index (χ2v) is 4.88. The molecule has 0 spiro atoms. The maximum atomic E-state index is 13.5. The zero-order chi connectivity index (χ0) is 13.7. The average molecular weight is 278 g/mol. The monoisotopic (exact) mass is 277 g/mol. The van der Waals surface area contributed by atoms with Gasteiger partial charge >= 0.3 is 0 Å². The van der Waals surface area contributed by atoms with E-state index in [9.17, 15) is 4.39 Å². The third kappa shape index (κ3) is 3.79. The Labute approximate surface area is 118 Å². The highest BCUT2D eigenvalue weighted by molar-refractivity contribution is 6.30. The molecule has 1 unspecified atom stereocenters. The van der Waals surface area contributed by atoms with E-state index in [-0.39, 0.29) is 16.9 Å². The predicted octanol–water partition coefficient (Wildman–Crippen LogP) is 4.37. The van der Waals surface area contributed by atoms with Crippen molar-refractivity contribution in [1.29, 1.82) is 0 Å². The van der Waals surface area contributed by atoms with Crippen molar-refractivity contribution in [3.8, 4) is 0 Å². The van der Waals surface area contributed by atoms with Crippen LogP contribution in [0.5, 0.6) is 0 Å². The molecule has 0 fully saturated rings. The van der Waals surface area contributed by atoms with Gasteiger partial charge in [-0.3, -0.25) is 0 Å². The summed E-state index contributed by atoms with van der Waals surface area (Å²) in [5, 5.41) is 3.60. The summed E-state index contributed by atoms with van der Waals surface area (Å²) < 4.78 is 13.5. The van der Waals surface area contributed by atoms with Crippen LogP contribution < -0.4 is 5.32 Å². The molecule has 1 atom stereocenters. The molecule has 0 aromatic heterocycles. The van der Waals surface area contributed by atoms with Gasteiger partial charge in [0, 0.05) is 6.04 Å². The van der Waals surface area contributed by atoms with Crippen LogP contribution in [0.25, 0.3) is 0 Å². The number of nitrogens with one attached hydrogen (secondary N) is 1. The zero-order valence-corrected chi connectivity index (χ0v) is 11.6. The van der Waals surface area contributed by atoms with Gasteiger partial charge in [-0.1, -0.05) is 54.9 Å². The predicted molar refractivity (Wildman–Crippen MR) is 78.0 cm³/mol. The van der Waals surface area contributed by atoms with Gasteiger partial charge in [0.2, 0.25) is 0 Å². The van der Waals surface area contributed by atoms with Crippen LogP contribution in [0.2, 0.25) is 5.02 Å². The molecule has 19 heavy (non-hydrogen) atoms. The maximum Gasteiger partial charge on any atom is 0.142 e. The summed E-state index contributed by atoms with van der Waals surface area (Å²) in [5.74, 6) is -0.359. The first kappa shape index (κ1) is 14.0. The van der Waals surface area contributed by atoms with Crippen LogP contribution in [0.1, 0.15) is 24.1 Å². The molecule has 0 aliphatic rings. The Hall–Kier alpha value is -1.38. The summed E-state index contributed by atoms with van der Waals surface area (Å²) in [6.07, 6.45) is 0.742. The zero-order valence-electron chi connectivity index (χ0n) is 10.9. The summed E-state index contributed by atoms with van der Waals surface area (Å²) in [5.41, 5.74) is 2.15. The average Bonchev–Trinajstić information content (AvgIpc) is 2.43. The van der Waals surface area contributed by atoms with Crippen molar-refractivity contribution in [2.24, 2.45) is 0 Å². The van der Waals surface area contributed by atoms with Gasteiger partial charge in [-0.25, -0.2) is 4.39 Å². The van der Waals surface area contributed by atoms with Crippen LogP contribution in [0, 0.1) is 5.82 Å². The number of rotatable bonds is 5. The highest BCUT2D eigenvalue weighted by Gasteiger charge is 2.11. The van der Waals surface area contributed by atoms with Gasteiger partial charge in [0.1, 0.15) is 5.82 Å². The third-order valence-corrected chi connectivity index (χ3v) is 3.38. The SMILES string of the molecule is CCNC(Cc1ccc(Cl)c(F)c1)c1ccccc1. The molecule has 0 bridgehead atoms. The largest absolute Gasteiger partial charge is 0.310 e. The summed E-state index contributed by atoms with van der Waals surface area (Å²) in [4.78, 5) is 0. The van der Waals surface area contributed by atoms with Gasteiger partial charge in [0.05, 0.1) is 5.02 Å². The molecule has 0 aliphatic carbocycles. The van der Waals surface area contributed by atoms with Crippen LogP contribution in [0.3, 0.4) is 0 Å². The van der Waals surface area contributed by atoms with Crippen LogP contribution >= 0.6 is 11.6 Å². The Morgan fingerprint density at radius 3 is 2.53 bits per heavy atom. The summed E-state index contributed by atoms with van der Waals surface area (Å²) in [6.45, 7) is 2.94. The minimum absolute atomic E-state index is 0.170. The van der Waals surface area contributed by atoms with E-state index in [1.807, 2.05) is 24.3 Å². The topological polar surface area (TPSA) is 12.0 Å². The normalized spacial score (nSPS) is 12.4. The van der Waals surface area contributed by atoms with E-state index in [2.05, 4.69) is 24.4 Å². The van der Waals surface area contributed by atoms with Gasteiger partial charge in [-0.15, -0.1) is 0 Å². The van der Waals surface area contributed by atoms with Gasteiger partial charge in [-0.05, 0) is 36.2 Å². The molecule has 0 radical (unpaired) electrons. The fourth-order valence-corrected chi connectivity index (χ4v) is 2.26. The van der Waals surface area contributed by atoms with Gasteiger partial charge < -0.3 is 5.32 Å². The Kier molecular flexibility index (Phi) is 4.94. The second-order valence-electron chi connectivity index (χ2n) is 4.47. The van der Waals surface area contributed by atoms with E-state index in [0.717, 1.165) is 18.5 Å². The van der Waals surface area contributed by atoms with Crippen molar-refractivity contribution in [1.82, 2.24) is 5.32 Å². The molecule has 3 heteroatoms.